The summed E-state index contributed by atoms with van der Waals surface area (Å²) in [6, 6.07) is 18.0. The molecule has 1 fully saturated rings. The Labute approximate surface area is 154 Å². The first-order valence-corrected chi connectivity index (χ1v) is 9.01. The number of ether oxygens (including phenoxy) is 2. The lowest BCUT2D eigenvalue weighted by atomic mass is 10.1. The Bertz CT molecular complexity index is 705. The molecule has 0 bridgehead atoms. The zero-order valence-corrected chi connectivity index (χ0v) is 15.2. The molecule has 5 nitrogen and oxygen atoms in total. The van der Waals surface area contributed by atoms with E-state index in [-0.39, 0.29) is 12.0 Å². The highest BCUT2D eigenvalue weighted by Crippen LogP contribution is 2.17. The van der Waals surface area contributed by atoms with Crippen molar-refractivity contribution in [2.45, 2.75) is 19.1 Å². The first-order chi connectivity index (χ1) is 12.7. The highest BCUT2D eigenvalue weighted by Gasteiger charge is 2.21. The maximum absolute atomic E-state index is 12.3. The minimum Gasteiger partial charge on any atom is -0.496 e. The molecule has 1 aliphatic rings. The van der Waals surface area contributed by atoms with Crippen LogP contribution in [0, 0.1) is 0 Å². The number of carbonyl (C=O) groups excluding carboxylic acids is 1. The molecule has 1 unspecified atom stereocenters. The fraction of sp³-hybridized carbons (Fsp3) is 0.381. The lowest BCUT2D eigenvalue weighted by molar-refractivity contribution is -0.121. The molecule has 2 aromatic rings. The van der Waals surface area contributed by atoms with E-state index in [2.05, 4.69) is 34.5 Å². The molecule has 3 rings (SSSR count). The number of para-hydroxylation sites is 1. The summed E-state index contributed by atoms with van der Waals surface area (Å²) in [6.07, 6.45) is 0.332. The standard InChI is InChI=1S/C21H26N2O3/c1-25-20-10-6-5-9-18(20)13-21(24)22-14-19-16-23(11-12-26-19)15-17-7-3-2-4-8-17/h2-10,19H,11-16H2,1H3,(H,22,24). The minimum absolute atomic E-state index is 0.0155. The average Bonchev–Trinajstić information content (AvgIpc) is 2.68. The van der Waals surface area contributed by atoms with Gasteiger partial charge in [0, 0.05) is 31.7 Å². The van der Waals surface area contributed by atoms with E-state index in [1.165, 1.54) is 5.56 Å². The zero-order valence-electron chi connectivity index (χ0n) is 15.2. The number of carbonyl (C=O) groups is 1. The smallest absolute Gasteiger partial charge is 0.224 e. The number of morpholine rings is 1. The quantitative estimate of drug-likeness (QED) is 0.829. The van der Waals surface area contributed by atoms with Crippen molar-refractivity contribution in [3.63, 3.8) is 0 Å². The molecule has 0 aliphatic carbocycles. The van der Waals surface area contributed by atoms with Gasteiger partial charge in [-0.3, -0.25) is 9.69 Å². The van der Waals surface area contributed by atoms with Gasteiger partial charge in [-0.15, -0.1) is 0 Å². The van der Waals surface area contributed by atoms with E-state index in [4.69, 9.17) is 9.47 Å². The van der Waals surface area contributed by atoms with Gasteiger partial charge in [0.25, 0.3) is 0 Å². The minimum atomic E-state index is -0.0155. The van der Waals surface area contributed by atoms with Crippen molar-refractivity contribution >= 4 is 5.91 Å². The second kappa shape index (κ2) is 9.36. The van der Waals surface area contributed by atoms with Crippen LogP contribution in [0.1, 0.15) is 11.1 Å². The molecule has 2 aromatic carbocycles. The van der Waals surface area contributed by atoms with Crippen LogP contribution in [0.3, 0.4) is 0 Å². The summed E-state index contributed by atoms with van der Waals surface area (Å²) in [5.41, 5.74) is 2.19. The Morgan fingerprint density at radius 3 is 2.77 bits per heavy atom. The molecule has 0 aromatic heterocycles. The van der Waals surface area contributed by atoms with Crippen LogP contribution in [-0.2, 0) is 22.5 Å². The van der Waals surface area contributed by atoms with E-state index < -0.39 is 0 Å². The SMILES string of the molecule is COc1ccccc1CC(=O)NCC1CN(Cc2ccccc2)CCO1. The summed E-state index contributed by atoms with van der Waals surface area (Å²) in [4.78, 5) is 14.6. The zero-order chi connectivity index (χ0) is 18.2. The van der Waals surface area contributed by atoms with Gasteiger partial charge in [0.05, 0.1) is 26.2 Å². The van der Waals surface area contributed by atoms with Gasteiger partial charge in [0.15, 0.2) is 0 Å². The number of benzene rings is 2. The van der Waals surface area contributed by atoms with Crippen LogP contribution in [0.15, 0.2) is 54.6 Å². The first-order valence-electron chi connectivity index (χ1n) is 9.01. The summed E-state index contributed by atoms with van der Waals surface area (Å²) in [5.74, 6) is 0.726. The number of methoxy groups -OCH3 is 1. The number of nitrogens with one attached hydrogen (secondary N) is 1. The van der Waals surface area contributed by atoms with Crippen molar-refractivity contribution in [2.75, 3.05) is 33.4 Å². The summed E-state index contributed by atoms with van der Waals surface area (Å²) in [6.45, 7) is 3.87. The molecule has 1 N–H and O–H groups in total. The largest absolute Gasteiger partial charge is 0.496 e. The number of rotatable bonds is 7. The van der Waals surface area contributed by atoms with Gasteiger partial charge in [-0.2, -0.15) is 0 Å². The predicted molar refractivity (Wildman–Crippen MR) is 101 cm³/mol. The molecule has 0 radical (unpaired) electrons. The molecule has 1 amide bonds. The van der Waals surface area contributed by atoms with Gasteiger partial charge in [-0.1, -0.05) is 48.5 Å². The van der Waals surface area contributed by atoms with Crippen LogP contribution < -0.4 is 10.1 Å². The summed E-state index contributed by atoms with van der Waals surface area (Å²) >= 11 is 0. The monoisotopic (exact) mass is 354 g/mol. The summed E-state index contributed by atoms with van der Waals surface area (Å²) in [5, 5.41) is 2.99. The van der Waals surface area contributed by atoms with E-state index in [0.717, 1.165) is 30.9 Å². The number of hydrogen-bond donors (Lipinski definition) is 1. The van der Waals surface area contributed by atoms with Crippen molar-refractivity contribution in [3.05, 3.63) is 65.7 Å². The second-order valence-electron chi connectivity index (χ2n) is 6.51. The van der Waals surface area contributed by atoms with Crippen LogP contribution in [0.5, 0.6) is 5.75 Å². The third-order valence-electron chi connectivity index (χ3n) is 4.54. The average molecular weight is 354 g/mol. The predicted octanol–water partition coefficient (Wildman–Crippen LogP) is 2.25. The molecule has 0 spiro atoms. The fourth-order valence-corrected chi connectivity index (χ4v) is 3.20. The van der Waals surface area contributed by atoms with Crippen molar-refractivity contribution in [3.8, 4) is 5.75 Å². The normalized spacial score (nSPS) is 17.7. The van der Waals surface area contributed by atoms with Crippen molar-refractivity contribution in [2.24, 2.45) is 0 Å². The van der Waals surface area contributed by atoms with Crippen molar-refractivity contribution in [1.29, 1.82) is 0 Å². The fourth-order valence-electron chi connectivity index (χ4n) is 3.20. The third kappa shape index (κ3) is 5.31. The molecule has 5 heteroatoms. The van der Waals surface area contributed by atoms with E-state index in [9.17, 15) is 4.79 Å². The highest BCUT2D eigenvalue weighted by molar-refractivity contribution is 5.79. The van der Waals surface area contributed by atoms with Crippen LogP contribution in [0.4, 0.5) is 0 Å². The first kappa shape index (κ1) is 18.4. The summed E-state index contributed by atoms with van der Waals surface area (Å²) < 4.78 is 11.1. The van der Waals surface area contributed by atoms with E-state index in [1.807, 2.05) is 30.3 Å². The lowest BCUT2D eigenvalue weighted by Crippen LogP contribution is -2.47. The van der Waals surface area contributed by atoms with E-state index in [0.29, 0.717) is 19.6 Å². The number of hydrogen-bond acceptors (Lipinski definition) is 4. The third-order valence-corrected chi connectivity index (χ3v) is 4.54. The molecule has 1 aliphatic heterocycles. The molecule has 0 saturated carbocycles. The van der Waals surface area contributed by atoms with Gasteiger partial charge in [0.1, 0.15) is 5.75 Å². The molecular weight excluding hydrogens is 328 g/mol. The Balaban J connectivity index is 1.46. The number of amides is 1. The van der Waals surface area contributed by atoms with Gasteiger partial charge in [-0.05, 0) is 11.6 Å². The lowest BCUT2D eigenvalue weighted by Gasteiger charge is -2.33. The second-order valence-corrected chi connectivity index (χ2v) is 6.51. The highest BCUT2D eigenvalue weighted by atomic mass is 16.5. The Morgan fingerprint density at radius 1 is 1.19 bits per heavy atom. The van der Waals surface area contributed by atoms with Crippen LogP contribution in [-0.4, -0.2) is 50.3 Å². The van der Waals surface area contributed by atoms with Gasteiger partial charge in [-0.25, -0.2) is 0 Å². The molecule has 138 valence electrons. The van der Waals surface area contributed by atoms with Gasteiger partial charge >= 0.3 is 0 Å². The van der Waals surface area contributed by atoms with Crippen molar-refractivity contribution in [1.82, 2.24) is 10.2 Å². The molecule has 1 heterocycles. The van der Waals surface area contributed by atoms with Crippen molar-refractivity contribution < 1.29 is 14.3 Å². The van der Waals surface area contributed by atoms with Gasteiger partial charge in [0.2, 0.25) is 5.91 Å². The maximum atomic E-state index is 12.3. The van der Waals surface area contributed by atoms with Crippen LogP contribution in [0.25, 0.3) is 0 Å². The molecule has 1 saturated heterocycles. The van der Waals surface area contributed by atoms with Crippen LogP contribution >= 0.6 is 0 Å². The van der Waals surface area contributed by atoms with Gasteiger partial charge < -0.3 is 14.8 Å². The Hall–Kier alpha value is -2.37. The van der Waals surface area contributed by atoms with E-state index >= 15 is 0 Å². The molecule has 26 heavy (non-hydrogen) atoms. The Morgan fingerprint density at radius 2 is 1.96 bits per heavy atom. The molecular formula is C21H26N2O3. The Kier molecular flexibility index (Phi) is 6.63. The maximum Gasteiger partial charge on any atom is 0.224 e. The molecule has 1 atom stereocenters. The number of nitrogens with zero attached hydrogens (tertiary/aromatic N) is 1. The van der Waals surface area contributed by atoms with Crippen LogP contribution in [0.2, 0.25) is 0 Å². The topological polar surface area (TPSA) is 50.8 Å². The summed E-state index contributed by atoms with van der Waals surface area (Å²) in [7, 11) is 1.62. The van der Waals surface area contributed by atoms with E-state index in [1.54, 1.807) is 7.11 Å².